The second-order valence-corrected chi connectivity index (χ2v) is 13.7. The van der Waals surface area contributed by atoms with Gasteiger partial charge < -0.3 is 25.2 Å². The first kappa shape index (κ1) is 31.2. The SMILES string of the molecule is COc1cc(CCN2CCN(CCNC(=O)C3(C)CC3)CC2)cc(CCN2CCN(CCNC(=O)C3(C)CC3)CC2)c1. The lowest BCUT2D eigenvalue weighted by Crippen LogP contribution is -2.49. The highest BCUT2D eigenvalue weighted by Gasteiger charge is 2.45. The number of ether oxygens (including phenoxy) is 1. The van der Waals surface area contributed by atoms with E-state index in [4.69, 9.17) is 4.74 Å². The number of hydrogen-bond donors (Lipinski definition) is 2. The Bertz CT molecular complexity index is 978. The summed E-state index contributed by atoms with van der Waals surface area (Å²) in [5.74, 6) is 1.43. The Labute approximate surface area is 253 Å². The van der Waals surface area contributed by atoms with Gasteiger partial charge in [-0.15, -0.1) is 0 Å². The molecule has 9 heteroatoms. The van der Waals surface area contributed by atoms with Crippen LogP contribution in [0.15, 0.2) is 18.2 Å². The van der Waals surface area contributed by atoms with Crippen LogP contribution < -0.4 is 15.4 Å². The molecule has 2 saturated carbocycles. The van der Waals surface area contributed by atoms with Gasteiger partial charge in [-0.1, -0.05) is 19.9 Å². The summed E-state index contributed by atoms with van der Waals surface area (Å²) in [4.78, 5) is 34.4. The summed E-state index contributed by atoms with van der Waals surface area (Å²) in [6.45, 7) is 18.3. The number of benzene rings is 1. The van der Waals surface area contributed by atoms with Crippen LogP contribution in [0.2, 0.25) is 0 Å². The van der Waals surface area contributed by atoms with Crippen molar-refractivity contribution in [2.75, 3.05) is 98.7 Å². The average molecular weight is 583 g/mol. The minimum absolute atomic E-state index is 0.0797. The molecule has 0 unspecified atom stereocenters. The fraction of sp³-hybridized carbons (Fsp3) is 0.758. The Morgan fingerprint density at radius 2 is 1.00 bits per heavy atom. The van der Waals surface area contributed by atoms with Crippen LogP contribution in [0.3, 0.4) is 0 Å². The Morgan fingerprint density at radius 3 is 1.33 bits per heavy atom. The van der Waals surface area contributed by atoms with Crippen molar-refractivity contribution >= 4 is 11.8 Å². The molecule has 0 bridgehead atoms. The number of carbonyl (C=O) groups is 2. The van der Waals surface area contributed by atoms with Crippen LogP contribution in [0.5, 0.6) is 5.75 Å². The smallest absolute Gasteiger partial charge is 0.225 e. The van der Waals surface area contributed by atoms with E-state index in [1.165, 1.54) is 11.1 Å². The van der Waals surface area contributed by atoms with E-state index < -0.39 is 0 Å². The minimum Gasteiger partial charge on any atom is -0.497 e. The highest BCUT2D eigenvalue weighted by atomic mass is 16.5. The highest BCUT2D eigenvalue weighted by molar-refractivity contribution is 5.85. The van der Waals surface area contributed by atoms with Gasteiger partial charge in [-0.3, -0.25) is 19.4 Å². The molecule has 42 heavy (non-hydrogen) atoms. The molecule has 1 aromatic carbocycles. The van der Waals surface area contributed by atoms with Gasteiger partial charge in [0.15, 0.2) is 0 Å². The Balaban J connectivity index is 0.969. The van der Waals surface area contributed by atoms with E-state index in [1.54, 1.807) is 7.11 Å². The van der Waals surface area contributed by atoms with E-state index in [-0.39, 0.29) is 22.6 Å². The average Bonchev–Trinajstić information content (AvgIpc) is 3.94. The third-order valence-corrected chi connectivity index (χ3v) is 10.1. The lowest BCUT2D eigenvalue weighted by molar-refractivity contribution is -0.126. The normalized spacial score (nSPS) is 22.5. The minimum atomic E-state index is -0.0797. The van der Waals surface area contributed by atoms with Crippen LogP contribution in [0.4, 0.5) is 0 Å². The van der Waals surface area contributed by atoms with Gasteiger partial charge in [-0.05, 0) is 61.8 Å². The molecule has 2 aliphatic carbocycles. The third-order valence-electron chi connectivity index (χ3n) is 10.1. The molecule has 1 aromatic rings. The fourth-order valence-electron chi connectivity index (χ4n) is 6.09. The molecule has 2 heterocycles. The van der Waals surface area contributed by atoms with Gasteiger partial charge >= 0.3 is 0 Å². The van der Waals surface area contributed by atoms with Crippen LogP contribution >= 0.6 is 0 Å². The number of hydrogen-bond acceptors (Lipinski definition) is 7. The third kappa shape index (κ3) is 8.91. The molecule has 9 nitrogen and oxygen atoms in total. The van der Waals surface area contributed by atoms with Gasteiger partial charge in [-0.25, -0.2) is 0 Å². The second-order valence-electron chi connectivity index (χ2n) is 13.7. The molecule has 0 spiro atoms. The second kappa shape index (κ2) is 14.1. The molecule has 2 aliphatic heterocycles. The van der Waals surface area contributed by atoms with E-state index in [0.29, 0.717) is 0 Å². The van der Waals surface area contributed by atoms with Crippen molar-refractivity contribution in [1.82, 2.24) is 30.2 Å². The molecule has 2 saturated heterocycles. The predicted molar refractivity (Wildman–Crippen MR) is 167 cm³/mol. The molecule has 0 radical (unpaired) electrons. The van der Waals surface area contributed by atoms with Crippen molar-refractivity contribution in [3.8, 4) is 5.75 Å². The van der Waals surface area contributed by atoms with Crippen LogP contribution in [0, 0.1) is 10.8 Å². The van der Waals surface area contributed by atoms with Crippen molar-refractivity contribution in [1.29, 1.82) is 0 Å². The van der Waals surface area contributed by atoms with Gasteiger partial charge in [0, 0.05) is 102 Å². The topological polar surface area (TPSA) is 80.4 Å². The number of carbonyl (C=O) groups excluding carboxylic acids is 2. The molecule has 4 fully saturated rings. The summed E-state index contributed by atoms with van der Waals surface area (Å²) in [6.07, 6.45) is 6.21. The summed E-state index contributed by atoms with van der Waals surface area (Å²) in [5.41, 5.74) is 2.55. The van der Waals surface area contributed by atoms with Gasteiger partial charge in [0.25, 0.3) is 0 Å². The summed E-state index contributed by atoms with van der Waals surface area (Å²) >= 11 is 0. The zero-order valence-electron chi connectivity index (χ0n) is 26.4. The first-order valence-electron chi connectivity index (χ1n) is 16.4. The van der Waals surface area contributed by atoms with Crippen molar-refractivity contribution in [2.45, 2.75) is 52.4 Å². The van der Waals surface area contributed by atoms with Crippen LogP contribution in [-0.4, -0.2) is 130 Å². The van der Waals surface area contributed by atoms with Crippen LogP contribution in [-0.2, 0) is 22.4 Å². The summed E-state index contributed by atoms with van der Waals surface area (Å²) in [6, 6.07) is 6.77. The van der Waals surface area contributed by atoms with Crippen molar-refractivity contribution in [3.63, 3.8) is 0 Å². The molecule has 2 amide bonds. The van der Waals surface area contributed by atoms with Crippen LogP contribution in [0.25, 0.3) is 0 Å². The molecule has 0 atom stereocenters. The van der Waals surface area contributed by atoms with Gasteiger partial charge in [-0.2, -0.15) is 0 Å². The number of methoxy groups -OCH3 is 1. The fourth-order valence-corrected chi connectivity index (χ4v) is 6.09. The van der Waals surface area contributed by atoms with E-state index in [9.17, 15) is 9.59 Å². The lowest BCUT2D eigenvalue weighted by atomic mass is 10.0. The number of amides is 2. The van der Waals surface area contributed by atoms with Crippen molar-refractivity contribution < 1.29 is 14.3 Å². The molecule has 0 aromatic heterocycles. The number of nitrogens with one attached hydrogen (secondary N) is 2. The maximum Gasteiger partial charge on any atom is 0.225 e. The van der Waals surface area contributed by atoms with E-state index in [0.717, 1.165) is 136 Å². The maximum atomic E-state index is 12.2. The highest BCUT2D eigenvalue weighted by Crippen LogP contribution is 2.45. The van der Waals surface area contributed by atoms with Crippen molar-refractivity contribution in [3.05, 3.63) is 29.3 Å². The van der Waals surface area contributed by atoms with Gasteiger partial charge in [0.2, 0.25) is 11.8 Å². The van der Waals surface area contributed by atoms with E-state index in [2.05, 4.69) is 62.3 Å². The molecule has 4 aliphatic rings. The number of rotatable bonds is 15. The van der Waals surface area contributed by atoms with Crippen molar-refractivity contribution in [2.24, 2.45) is 10.8 Å². The quantitative estimate of drug-likeness (QED) is 0.327. The maximum absolute atomic E-state index is 12.2. The summed E-state index contributed by atoms with van der Waals surface area (Å²) in [5, 5.41) is 6.26. The van der Waals surface area contributed by atoms with E-state index >= 15 is 0 Å². The number of piperazine rings is 2. The zero-order chi connectivity index (χ0) is 29.6. The first-order valence-corrected chi connectivity index (χ1v) is 16.4. The molecular formula is C33H54N6O3. The monoisotopic (exact) mass is 582 g/mol. The van der Waals surface area contributed by atoms with E-state index in [1.807, 2.05) is 0 Å². The Morgan fingerprint density at radius 1 is 0.643 bits per heavy atom. The number of nitrogens with zero attached hydrogens (tertiary/aromatic N) is 4. The standard InChI is InChI=1S/C33H54N6O3/c1-32(6-7-32)30(40)34-10-14-38-20-16-36(17-21-38)12-4-27-24-28(26-29(25-27)42-3)5-13-37-18-22-39(23-19-37)15-11-35-31(41)33(2)8-9-33/h24-26H,4-23H2,1-3H3,(H,34,40)(H,35,41). The van der Waals surface area contributed by atoms with Gasteiger partial charge in [0.1, 0.15) is 5.75 Å². The molecule has 234 valence electrons. The molecule has 2 N–H and O–H groups in total. The lowest BCUT2D eigenvalue weighted by Gasteiger charge is -2.35. The first-order chi connectivity index (χ1) is 20.2. The Hall–Kier alpha value is -2.20. The predicted octanol–water partition coefficient (Wildman–Crippen LogP) is 1.85. The van der Waals surface area contributed by atoms with Crippen LogP contribution in [0.1, 0.15) is 50.7 Å². The Kier molecular flexibility index (Phi) is 10.5. The largest absolute Gasteiger partial charge is 0.497 e. The zero-order valence-corrected chi connectivity index (χ0v) is 26.4. The van der Waals surface area contributed by atoms with Gasteiger partial charge in [0.05, 0.1) is 7.11 Å². The molecular weight excluding hydrogens is 528 g/mol. The summed E-state index contributed by atoms with van der Waals surface area (Å²) in [7, 11) is 1.77. The summed E-state index contributed by atoms with van der Waals surface area (Å²) < 4.78 is 5.67. The molecule has 5 rings (SSSR count).